The molecule has 7 heteroatoms. The Bertz CT molecular complexity index is 466. The van der Waals surface area contributed by atoms with Gasteiger partial charge in [0.1, 0.15) is 0 Å². The van der Waals surface area contributed by atoms with E-state index in [0.29, 0.717) is 25.7 Å². The fourth-order valence-electron chi connectivity index (χ4n) is 3.36. The van der Waals surface area contributed by atoms with Crippen molar-refractivity contribution in [1.29, 1.82) is 0 Å². The Hall–Kier alpha value is -0.660. The van der Waals surface area contributed by atoms with Gasteiger partial charge in [0, 0.05) is 25.7 Å². The summed E-state index contributed by atoms with van der Waals surface area (Å²) in [5.41, 5.74) is 0. The second-order valence-corrected chi connectivity index (χ2v) is 8.11. The van der Waals surface area contributed by atoms with Gasteiger partial charge in [-0.1, -0.05) is 6.92 Å². The van der Waals surface area contributed by atoms with Crippen molar-refractivity contribution >= 4 is 15.9 Å². The molecule has 0 aromatic heterocycles. The minimum atomic E-state index is -3.19. The molecule has 2 heterocycles. The van der Waals surface area contributed by atoms with E-state index in [9.17, 15) is 13.2 Å². The summed E-state index contributed by atoms with van der Waals surface area (Å²) in [6.45, 7) is 5.82. The van der Waals surface area contributed by atoms with E-state index in [2.05, 4.69) is 17.1 Å². The molecule has 2 aliphatic rings. The van der Waals surface area contributed by atoms with Gasteiger partial charge in [-0.25, -0.2) is 12.7 Å². The summed E-state index contributed by atoms with van der Waals surface area (Å²) >= 11 is 0. The highest BCUT2D eigenvalue weighted by Gasteiger charge is 2.31. The molecule has 2 fully saturated rings. The third-order valence-corrected chi connectivity index (χ3v) is 5.91. The number of nitrogens with one attached hydrogen (secondary N) is 1. The van der Waals surface area contributed by atoms with Crippen LogP contribution >= 0.6 is 0 Å². The molecule has 2 atom stereocenters. The molecule has 1 N–H and O–H groups in total. The average Bonchev–Trinajstić information content (AvgIpc) is 2.91. The summed E-state index contributed by atoms with van der Waals surface area (Å²) < 4.78 is 24.6. The van der Waals surface area contributed by atoms with Crippen LogP contribution in [0.15, 0.2) is 0 Å². The van der Waals surface area contributed by atoms with Crippen LogP contribution in [0, 0.1) is 5.92 Å². The molecule has 0 bridgehead atoms. The molecule has 2 saturated heterocycles. The number of amides is 1. The van der Waals surface area contributed by atoms with Gasteiger partial charge >= 0.3 is 0 Å². The zero-order valence-corrected chi connectivity index (χ0v) is 13.9. The average molecular weight is 317 g/mol. The first-order chi connectivity index (χ1) is 9.91. The Balaban J connectivity index is 1.83. The Morgan fingerprint density at radius 3 is 2.62 bits per heavy atom. The SMILES string of the molecule is CCN1CCC[C@@H]1CNC(=O)[C@H]1CCCN(S(C)(=O)=O)C1. The predicted octanol–water partition coefficient (Wildman–Crippen LogP) is 0.259. The van der Waals surface area contributed by atoms with Gasteiger partial charge in [0.15, 0.2) is 0 Å². The van der Waals surface area contributed by atoms with Gasteiger partial charge in [0.2, 0.25) is 15.9 Å². The number of nitrogens with zero attached hydrogens (tertiary/aromatic N) is 2. The molecular formula is C14H27N3O3S. The number of hydrogen-bond acceptors (Lipinski definition) is 4. The summed E-state index contributed by atoms with van der Waals surface area (Å²) in [6, 6.07) is 0.438. The fourth-order valence-corrected chi connectivity index (χ4v) is 4.27. The maximum Gasteiger partial charge on any atom is 0.224 e. The molecule has 21 heavy (non-hydrogen) atoms. The zero-order valence-electron chi connectivity index (χ0n) is 13.0. The van der Waals surface area contributed by atoms with Crippen molar-refractivity contribution in [2.24, 2.45) is 5.92 Å². The number of piperidine rings is 1. The first-order valence-electron chi connectivity index (χ1n) is 7.88. The Labute approximate surface area is 127 Å². The number of likely N-dealkylation sites (N-methyl/N-ethyl adjacent to an activating group) is 1. The number of hydrogen-bond donors (Lipinski definition) is 1. The standard InChI is InChI=1S/C14H27N3O3S/c1-3-16-8-5-7-13(16)10-15-14(18)12-6-4-9-17(11-12)21(2,19)20/h12-13H,3-11H2,1-2H3,(H,15,18)/t12-,13+/m0/s1. The van der Waals surface area contributed by atoms with Crippen molar-refractivity contribution < 1.29 is 13.2 Å². The predicted molar refractivity (Wildman–Crippen MR) is 82.4 cm³/mol. The van der Waals surface area contributed by atoms with Crippen LogP contribution < -0.4 is 5.32 Å². The highest BCUT2D eigenvalue weighted by atomic mass is 32.2. The van der Waals surface area contributed by atoms with Crippen molar-refractivity contribution in [3.05, 3.63) is 0 Å². The minimum absolute atomic E-state index is 0.00584. The highest BCUT2D eigenvalue weighted by molar-refractivity contribution is 7.88. The van der Waals surface area contributed by atoms with E-state index in [1.807, 2.05) is 0 Å². The molecule has 2 rings (SSSR count). The summed E-state index contributed by atoms with van der Waals surface area (Å²) in [4.78, 5) is 14.7. The number of carbonyl (C=O) groups is 1. The molecule has 2 aliphatic heterocycles. The molecule has 1 amide bonds. The van der Waals surface area contributed by atoms with Gasteiger partial charge in [0.05, 0.1) is 12.2 Å². The van der Waals surface area contributed by atoms with Crippen LogP contribution in [0.4, 0.5) is 0 Å². The van der Waals surface area contributed by atoms with Gasteiger partial charge < -0.3 is 5.32 Å². The van der Waals surface area contributed by atoms with Crippen LogP contribution in [0.1, 0.15) is 32.6 Å². The number of likely N-dealkylation sites (tertiary alicyclic amines) is 1. The van der Waals surface area contributed by atoms with E-state index in [4.69, 9.17) is 0 Å². The molecule has 0 aromatic carbocycles. The fraction of sp³-hybridized carbons (Fsp3) is 0.929. The van der Waals surface area contributed by atoms with Crippen LogP contribution in [0.3, 0.4) is 0 Å². The van der Waals surface area contributed by atoms with E-state index < -0.39 is 10.0 Å². The largest absolute Gasteiger partial charge is 0.354 e. The lowest BCUT2D eigenvalue weighted by Crippen LogP contribution is -2.47. The van der Waals surface area contributed by atoms with Crippen LogP contribution in [-0.2, 0) is 14.8 Å². The number of carbonyl (C=O) groups excluding carboxylic acids is 1. The van der Waals surface area contributed by atoms with Crippen molar-refractivity contribution in [3.8, 4) is 0 Å². The molecule has 122 valence electrons. The third kappa shape index (κ3) is 4.40. The second kappa shape index (κ2) is 7.07. The molecule has 0 spiro atoms. The van der Waals surface area contributed by atoms with Gasteiger partial charge in [-0.2, -0.15) is 0 Å². The van der Waals surface area contributed by atoms with Gasteiger partial charge in [-0.3, -0.25) is 9.69 Å². The van der Waals surface area contributed by atoms with E-state index in [-0.39, 0.29) is 11.8 Å². The Morgan fingerprint density at radius 1 is 1.24 bits per heavy atom. The molecule has 6 nitrogen and oxygen atoms in total. The lowest BCUT2D eigenvalue weighted by molar-refractivity contribution is -0.126. The van der Waals surface area contributed by atoms with E-state index in [1.54, 1.807) is 0 Å². The molecule has 0 unspecified atom stereocenters. The van der Waals surface area contributed by atoms with Gasteiger partial charge in [0.25, 0.3) is 0 Å². The lowest BCUT2D eigenvalue weighted by atomic mass is 9.98. The summed E-state index contributed by atoms with van der Waals surface area (Å²) in [5, 5.41) is 3.03. The van der Waals surface area contributed by atoms with Gasteiger partial charge in [-0.15, -0.1) is 0 Å². The summed E-state index contributed by atoms with van der Waals surface area (Å²) in [6.07, 6.45) is 5.08. The van der Waals surface area contributed by atoms with Crippen LogP contribution in [0.5, 0.6) is 0 Å². The van der Waals surface area contributed by atoms with Crippen molar-refractivity contribution in [1.82, 2.24) is 14.5 Å². The highest BCUT2D eigenvalue weighted by Crippen LogP contribution is 2.20. The van der Waals surface area contributed by atoms with Crippen molar-refractivity contribution in [2.45, 2.75) is 38.6 Å². The minimum Gasteiger partial charge on any atom is -0.354 e. The normalized spacial score (nSPS) is 28.7. The summed E-state index contributed by atoms with van der Waals surface area (Å²) in [7, 11) is -3.19. The maximum absolute atomic E-state index is 12.3. The van der Waals surface area contributed by atoms with E-state index in [0.717, 1.165) is 32.4 Å². The van der Waals surface area contributed by atoms with Crippen molar-refractivity contribution in [3.63, 3.8) is 0 Å². The molecule has 0 radical (unpaired) electrons. The molecule has 0 aromatic rings. The summed E-state index contributed by atoms with van der Waals surface area (Å²) in [5.74, 6) is -0.198. The Morgan fingerprint density at radius 2 is 1.95 bits per heavy atom. The smallest absolute Gasteiger partial charge is 0.224 e. The van der Waals surface area contributed by atoms with E-state index in [1.165, 1.54) is 17.0 Å². The van der Waals surface area contributed by atoms with E-state index >= 15 is 0 Å². The topological polar surface area (TPSA) is 69.7 Å². The number of rotatable bonds is 5. The van der Waals surface area contributed by atoms with Crippen LogP contribution in [0.25, 0.3) is 0 Å². The number of sulfonamides is 1. The lowest BCUT2D eigenvalue weighted by Gasteiger charge is -2.31. The van der Waals surface area contributed by atoms with Crippen LogP contribution in [0.2, 0.25) is 0 Å². The maximum atomic E-state index is 12.3. The van der Waals surface area contributed by atoms with Gasteiger partial charge in [-0.05, 0) is 38.8 Å². The molecule has 0 aliphatic carbocycles. The van der Waals surface area contributed by atoms with Crippen molar-refractivity contribution in [2.75, 3.05) is 39.0 Å². The van der Waals surface area contributed by atoms with Crippen LogP contribution in [-0.4, -0.2) is 68.6 Å². The quantitative estimate of drug-likeness (QED) is 0.789. The zero-order chi connectivity index (χ0) is 15.5. The third-order valence-electron chi connectivity index (χ3n) is 4.64. The second-order valence-electron chi connectivity index (χ2n) is 6.13. The molecule has 0 saturated carbocycles. The first-order valence-corrected chi connectivity index (χ1v) is 9.73. The first kappa shape index (κ1) is 16.7. The molecular weight excluding hydrogens is 290 g/mol. The monoisotopic (exact) mass is 317 g/mol. The Kier molecular flexibility index (Phi) is 5.62.